The Bertz CT molecular complexity index is 1920. The second-order valence-electron chi connectivity index (χ2n) is 18.8. The number of benzene rings is 2. The van der Waals surface area contributed by atoms with Crippen LogP contribution in [0.1, 0.15) is 197 Å². The molecule has 1 aliphatic rings. The van der Waals surface area contributed by atoms with Crippen molar-refractivity contribution in [1.82, 2.24) is 4.90 Å². The van der Waals surface area contributed by atoms with E-state index in [1.807, 2.05) is 55.0 Å². The minimum atomic E-state index is -0.466. The van der Waals surface area contributed by atoms with Gasteiger partial charge in [-0.3, -0.25) is 14.5 Å². The van der Waals surface area contributed by atoms with Gasteiger partial charge in [-0.05, 0) is 92.5 Å². The van der Waals surface area contributed by atoms with Crippen molar-refractivity contribution in [3.63, 3.8) is 0 Å². The number of hydrogen-bond donors (Lipinski definition) is 0. The van der Waals surface area contributed by atoms with E-state index < -0.39 is 12.2 Å². The van der Waals surface area contributed by atoms with Gasteiger partial charge in [0, 0.05) is 31.1 Å². The van der Waals surface area contributed by atoms with Gasteiger partial charge in [0.15, 0.2) is 18.6 Å². The second kappa shape index (κ2) is 32.0. The first kappa shape index (κ1) is 58.3. The number of nitrogens with zero attached hydrogens (tertiary/aromatic N) is 2. The molecular formula is C57H87N2O8+. The van der Waals surface area contributed by atoms with Crippen LogP contribution in [0.4, 0.5) is 0 Å². The molecule has 0 aliphatic carbocycles. The van der Waals surface area contributed by atoms with Crippen molar-refractivity contribution in [1.29, 1.82) is 0 Å². The summed E-state index contributed by atoms with van der Waals surface area (Å²) < 4.78 is 23.6. The quantitative estimate of drug-likeness (QED) is 0.0336. The summed E-state index contributed by atoms with van der Waals surface area (Å²) in [5.41, 5.74) is 5.56. The predicted octanol–water partition coefficient (Wildman–Crippen LogP) is 12.8. The number of rotatable bonds is 26. The van der Waals surface area contributed by atoms with Gasteiger partial charge in [0.25, 0.3) is 0 Å². The third-order valence-corrected chi connectivity index (χ3v) is 12.2. The van der Waals surface area contributed by atoms with Crippen LogP contribution in [0.5, 0.6) is 0 Å². The van der Waals surface area contributed by atoms with Crippen LogP contribution in [0, 0.1) is 11.8 Å². The van der Waals surface area contributed by atoms with Gasteiger partial charge < -0.3 is 18.9 Å². The molecule has 0 saturated heterocycles. The van der Waals surface area contributed by atoms with Crippen molar-refractivity contribution < 1.29 is 42.7 Å². The summed E-state index contributed by atoms with van der Waals surface area (Å²) in [6.07, 6.45) is 20.3. The number of ether oxygens (including phenoxy) is 4. The molecule has 0 N–H and O–H groups in total. The van der Waals surface area contributed by atoms with Gasteiger partial charge >= 0.3 is 30.1 Å². The fourth-order valence-electron chi connectivity index (χ4n) is 8.20. The Kier molecular flexibility index (Phi) is 27.9. The topological polar surface area (TPSA) is 112 Å². The van der Waals surface area contributed by atoms with E-state index in [1.54, 1.807) is 18.3 Å². The summed E-state index contributed by atoms with van der Waals surface area (Å²) in [4.78, 5) is 52.3. The molecule has 2 aromatic carbocycles. The Morgan fingerprint density at radius 3 is 1.61 bits per heavy atom. The number of hydrogen-bond acceptors (Lipinski definition) is 9. The summed E-state index contributed by atoms with van der Waals surface area (Å²) in [6.45, 7) is 18.2. The third-order valence-electron chi connectivity index (χ3n) is 12.2. The Morgan fingerprint density at radius 1 is 0.627 bits per heavy atom. The molecule has 0 fully saturated rings. The molecule has 372 valence electrons. The van der Waals surface area contributed by atoms with Gasteiger partial charge in [-0.15, -0.1) is 0 Å². The highest BCUT2D eigenvalue weighted by Crippen LogP contribution is 2.25. The molecule has 10 heteroatoms. The SMILES string of the molecule is C.CCCCCCCC(OC(=O)C(C)c1ccc(CC(C)C)cc1)N1CCC=C(C(=O)OC)C1.CCCCCCCC(OC(=O)C(C)c1ccc(CC(C)C)cc1)[n+]1cccc(C(=O)OC)c1. The zero-order valence-corrected chi connectivity index (χ0v) is 42.2. The van der Waals surface area contributed by atoms with Crippen molar-refractivity contribution in [3.05, 3.63) is 113 Å². The normalized spacial score (nSPS) is 14.4. The fourth-order valence-corrected chi connectivity index (χ4v) is 8.20. The first-order valence-electron chi connectivity index (χ1n) is 24.9. The molecule has 67 heavy (non-hydrogen) atoms. The van der Waals surface area contributed by atoms with Crippen LogP contribution in [-0.2, 0) is 46.2 Å². The summed E-state index contributed by atoms with van der Waals surface area (Å²) in [7, 11) is 2.76. The van der Waals surface area contributed by atoms with E-state index in [4.69, 9.17) is 18.9 Å². The molecule has 1 aliphatic heterocycles. The maximum atomic E-state index is 13.1. The van der Waals surface area contributed by atoms with Crippen LogP contribution in [0.15, 0.2) is 84.7 Å². The summed E-state index contributed by atoms with van der Waals surface area (Å²) >= 11 is 0. The Labute approximate surface area is 405 Å². The molecule has 4 rings (SSSR count). The Balaban J connectivity index is 0.000000453. The van der Waals surface area contributed by atoms with Gasteiger partial charge in [-0.1, -0.05) is 155 Å². The minimum Gasteiger partial charge on any atom is -0.466 e. The maximum Gasteiger partial charge on any atom is 0.343 e. The molecule has 2 heterocycles. The van der Waals surface area contributed by atoms with E-state index in [2.05, 4.69) is 70.7 Å². The van der Waals surface area contributed by atoms with E-state index in [0.717, 1.165) is 69.0 Å². The number of unbranched alkanes of at least 4 members (excludes halogenated alkanes) is 8. The number of methoxy groups -OCH3 is 2. The predicted molar refractivity (Wildman–Crippen MR) is 270 cm³/mol. The van der Waals surface area contributed by atoms with Gasteiger partial charge in [0.05, 0.1) is 26.1 Å². The van der Waals surface area contributed by atoms with Crippen LogP contribution >= 0.6 is 0 Å². The van der Waals surface area contributed by atoms with Crippen molar-refractivity contribution in [2.75, 3.05) is 27.3 Å². The highest BCUT2D eigenvalue weighted by atomic mass is 16.6. The molecule has 4 atom stereocenters. The van der Waals surface area contributed by atoms with Crippen molar-refractivity contribution >= 4 is 23.9 Å². The fraction of sp³-hybridized carbons (Fsp3) is 0.596. The smallest absolute Gasteiger partial charge is 0.343 e. The first-order chi connectivity index (χ1) is 31.7. The minimum absolute atomic E-state index is 0. The molecule has 1 aromatic heterocycles. The molecule has 3 aromatic rings. The molecule has 0 amide bonds. The lowest BCUT2D eigenvalue weighted by Gasteiger charge is -2.34. The van der Waals surface area contributed by atoms with E-state index >= 15 is 0 Å². The van der Waals surface area contributed by atoms with Gasteiger partial charge in [-0.2, -0.15) is 4.57 Å². The maximum absolute atomic E-state index is 13.1. The number of pyridine rings is 1. The molecule has 0 bridgehead atoms. The monoisotopic (exact) mass is 928 g/mol. The summed E-state index contributed by atoms with van der Waals surface area (Å²) in [5, 5.41) is 0. The lowest BCUT2D eigenvalue weighted by molar-refractivity contribution is -0.758. The van der Waals surface area contributed by atoms with Gasteiger partial charge in [0.1, 0.15) is 5.56 Å². The Hall–Kier alpha value is -4.83. The molecule has 4 unspecified atom stereocenters. The van der Waals surface area contributed by atoms with Crippen LogP contribution in [0.25, 0.3) is 0 Å². The van der Waals surface area contributed by atoms with Crippen LogP contribution in [0.2, 0.25) is 0 Å². The standard InChI is InChI=1S/C28H43NO4.C28H40NO4.CH4/c2*1-6-7-8-9-10-13-26(29-18-11-12-25(20-29)28(31)32-5)33-27(30)22(4)24-16-14-23(15-17-24)19-21(2)3;/h12,14-17,21-22,26H,6-11,13,18-20H2,1-5H3;11-12,14-18,20-22,26H,6-10,13,19H2,1-5H3;1H4/q;+1;. The van der Waals surface area contributed by atoms with Crippen molar-refractivity contribution in [2.24, 2.45) is 11.8 Å². The lowest BCUT2D eigenvalue weighted by atomic mass is 9.97. The van der Waals surface area contributed by atoms with Gasteiger partial charge in [-0.25, -0.2) is 9.59 Å². The average molecular weight is 928 g/mol. The lowest BCUT2D eigenvalue weighted by Crippen LogP contribution is -2.43. The van der Waals surface area contributed by atoms with Crippen molar-refractivity contribution in [3.8, 4) is 0 Å². The number of esters is 4. The molecule has 0 spiro atoms. The zero-order valence-electron chi connectivity index (χ0n) is 42.2. The number of carbonyl (C=O) groups is 4. The highest BCUT2D eigenvalue weighted by molar-refractivity contribution is 5.89. The molecule has 0 saturated carbocycles. The zero-order chi connectivity index (χ0) is 48.4. The Morgan fingerprint density at radius 2 is 1.12 bits per heavy atom. The third kappa shape index (κ3) is 20.9. The van der Waals surface area contributed by atoms with E-state index in [9.17, 15) is 19.2 Å². The number of carbonyl (C=O) groups excluding carboxylic acids is 4. The molecular weight excluding hydrogens is 841 g/mol. The van der Waals surface area contributed by atoms with Crippen molar-refractivity contribution in [2.45, 2.75) is 183 Å². The van der Waals surface area contributed by atoms with Crippen LogP contribution in [0.3, 0.4) is 0 Å². The second-order valence-corrected chi connectivity index (χ2v) is 18.8. The number of aromatic nitrogens is 1. The molecule has 0 radical (unpaired) electrons. The largest absolute Gasteiger partial charge is 0.466 e. The first-order valence-corrected chi connectivity index (χ1v) is 24.9. The molecule has 10 nitrogen and oxygen atoms in total. The van der Waals surface area contributed by atoms with Crippen LogP contribution < -0.4 is 4.57 Å². The van der Waals surface area contributed by atoms with E-state index in [0.29, 0.717) is 35.9 Å². The highest BCUT2D eigenvalue weighted by Gasteiger charge is 2.30. The average Bonchev–Trinajstić information content (AvgIpc) is 3.32. The van der Waals surface area contributed by atoms with Gasteiger partial charge in [0.2, 0.25) is 0 Å². The van der Waals surface area contributed by atoms with E-state index in [-0.39, 0.29) is 43.4 Å². The summed E-state index contributed by atoms with van der Waals surface area (Å²) in [5.74, 6) is -0.694. The summed E-state index contributed by atoms with van der Waals surface area (Å²) in [6, 6.07) is 20.0. The van der Waals surface area contributed by atoms with E-state index in [1.165, 1.54) is 63.9 Å². The van der Waals surface area contributed by atoms with Crippen LogP contribution in [-0.4, -0.2) is 62.3 Å².